The molecule has 2 aromatic rings. The van der Waals surface area contributed by atoms with Crippen molar-refractivity contribution in [1.82, 2.24) is 19.1 Å². The maximum atomic E-state index is 10.9. The summed E-state index contributed by atoms with van der Waals surface area (Å²) in [4.78, 5) is 27.9. The summed E-state index contributed by atoms with van der Waals surface area (Å²) < 4.78 is 2.71. The summed E-state index contributed by atoms with van der Waals surface area (Å²) in [5.74, 6) is 0.251. The summed E-state index contributed by atoms with van der Waals surface area (Å²) in [6, 6.07) is 0. The minimum Gasteiger partial charge on any atom is -0.387 e. The van der Waals surface area contributed by atoms with Gasteiger partial charge in [0.15, 0.2) is 5.82 Å². The minimum absolute atomic E-state index is 0.0292. The monoisotopic (exact) mass is 310 g/mol. The summed E-state index contributed by atoms with van der Waals surface area (Å²) in [5.41, 5.74) is 0. The lowest BCUT2D eigenvalue weighted by Crippen LogP contribution is -2.23. The number of hydrogen-bond donors (Lipinski definition) is 1. The Morgan fingerprint density at radius 3 is 2.45 bits per heavy atom. The SMILES string of the molecule is Cc1nc([N+](=O)[O-])cn1CC(O)Cn1c([N+](=O)[O-])cnc1C. The van der Waals surface area contributed by atoms with E-state index in [1.54, 1.807) is 13.8 Å². The molecule has 0 aromatic carbocycles. The van der Waals surface area contributed by atoms with Crippen molar-refractivity contribution >= 4 is 11.6 Å². The molecule has 11 heteroatoms. The van der Waals surface area contributed by atoms with Crippen LogP contribution in [0.5, 0.6) is 0 Å². The molecule has 0 amide bonds. The van der Waals surface area contributed by atoms with Crippen molar-refractivity contribution in [1.29, 1.82) is 0 Å². The highest BCUT2D eigenvalue weighted by Gasteiger charge is 2.22. The second kappa shape index (κ2) is 5.89. The number of hydrogen-bond acceptors (Lipinski definition) is 7. The molecule has 0 saturated heterocycles. The summed E-state index contributed by atoms with van der Waals surface area (Å²) >= 11 is 0. The summed E-state index contributed by atoms with van der Waals surface area (Å²) in [7, 11) is 0. The predicted octanol–water partition coefficient (Wildman–Crippen LogP) is 0.574. The number of aryl methyl sites for hydroxylation is 2. The number of imidazole rings is 2. The van der Waals surface area contributed by atoms with E-state index in [1.807, 2.05) is 0 Å². The lowest BCUT2D eigenvalue weighted by atomic mass is 10.3. The molecule has 2 rings (SSSR count). The van der Waals surface area contributed by atoms with E-state index >= 15 is 0 Å². The molecule has 118 valence electrons. The molecule has 22 heavy (non-hydrogen) atoms. The Kier molecular flexibility index (Phi) is 4.17. The molecule has 0 radical (unpaired) electrons. The first kappa shape index (κ1) is 15.6. The molecule has 0 aliphatic rings. The number of aliphatic hydroxyl groups excluding tert-OH is 1. The van der Waals surface area contributed by atoms with Crippen molar-refractivity contribution < 1.29 is 15.0 Å². The van der Waals surface area contributed by atoms with Gasteiger partial charge in [0, 0.05) is 13.8 Å². The third-order valence-corrected chi connectivity index (χ3v) is 3.17. The fraction of sp³-hybridized carbons (Fsp3) is 0.455. The van der Waals surface area contributed by atoms with Gasteiger partial charge in [-0.15, -0.1) is 0 Å². The van der Waals surface area contributed by atoms with Crippen LogP contribution in [0.4, 0.5) is 11.6 Å². The Labute approximate surface area is 124 Å². The van der Waals surface area contributed by atoms with Gasteiger partial charge in [0.2, 0.25) is 5.82 Å². The topological polar surface area (TPSA) is 142 Å². The Balaban J connectivity index is 2.14. The zero-order chi connectivity index (χ0) is 16.4. The number of nitrogens with zero attached hydrogens (tertiary/aromatic N) is 6. The maximum absolute atomic E-state index is 10.9. The van der Waals surface area contributed by atoms with Crippen LogP contribution in [0.15, 0.2) is 12.4 Å². The van der Waals surface area contributed by atoms with Crippen LogP contribution >= 0.6 is 0 Å². The van der Waals surface area contributed by atoms with Crippen LogP contribution in [0.2, 0.25) is 0 Å². The standard InChI is InChI=1S/C11H14N6O5/c1-7-12-3-11(17(21)22)15(7)5-9(18)4-14-6-10(16(19)20)13-8(14)2/h3,6,9,18H,4-5H2,1-2H3. The fourth-order valence-electron chi connectivity index (χ4n) is 2.09. The average Bonchev–Trinajstić information content (AvgIpc) is 2.95. The Morgan fingerprint density at radius 2 is 1.91 bits per heavy atom. The van der Waals surface area contributed by atoms with Gasteiger partial charge in [-0.2, -0.15) is 0 Å². The first-order chi connectivity index (χ1) is 10.3. The minimum atomic E-state index is -0.987. The van der Waals surface area contributed by atoms with Crippen molar-refractivity contribution in [3.63, 3.8) is 0 Å². The Bertz CT molecular complexity index is 721. The quantitative estimate of drug-likeness (QED) is 0.607. The van der Waals surface area contributed by atoms with E-state index in [2.05, 4.69) is 9.97 Å². The largest absolute Gasteiger partial charge is 0.387 e. The lowest BCUT2D eigenvalue weighted by Gasteiger charge is -2.11. The highest BCUT2D eigenvalue weighted by molar-refractivity contribution is 5.19. The van der Waals surface area contributed by atoms with Gasteiger partial charge >= 0.3 is 11.6 Å². The van der Waals surface area contributed by atoms with Crippen LogP contribution in [0, 0.1) is 34.1 Å². The van der Waals surface area contributed by atoms with Gasteiger partial charge in [-0.1, -0.05) is 0 Å². The van der Waals surface area contributed by atoms with Crippen LogP contribution in [-0.4, -0.2) is 40.2 Å². The lowest BCUT2D eigenvalue weighted by molar-refractivity contribution is -0.392. The van der Waals surface area contributed by atoms with E-state index < -0.39 is 16.0 Å². The molecule has 0 fully saturated rings. The number of rotatable bonds is 6. The van der Waals surface area contributed by atoms with Crippen molar-refractivity contribution in [2.75, 3.05) is 0 Å². The summed E-state index contributed by atoms with van der Waals surface area (Å²) in [5, 5.41) is 31.6. The third-order valence-electron chi connectivity index (χ3n) is 3.17. The van der Waals surface area contributed by atoms with Crippen LogP contribution in [0.25, 0.3) is 0 Å². The number of aliphatic hydroxyl groups is 1. The van der Waals surface area contributed by atoms with Crippen molar-refractivity contribution in [2.24, 2.45) is 0 Å². The summed E-state index contributed by atoms with van der Waals surface area (Å²) in [6.45, 7) is 3.15. The van der Waals surface area contributed by atoms with E-state index in [-0.39, 0.29) is 24.7 Å². The fourth-order valence-corrected chi connectivity index (χ4v) is 2.09. The van der Waals surface area contributed by atoms with Gasteiger partial charge in [-0.3, -0.25) is 0 Å². The molecule has 0 saturated carbocycles. The first-order valence-electron chi connectivity index (χ1n) is 6.32. The molecule has 1 atom stereocenters. The second-order valence-electron chi connectivity index (χ2n) is 4.74. The van der Waals surface area contributed by atoms with E-state index in [0.29, 0.717) is 11.6 Å². The highest BCUT2D eigenvalue weighted by atomic mass is 16.6. The first-order valence-corrected chi connectivity index (χ1v) is 6.32. The van der Waals surface area contributed by atoms with Crippen molar-refractivity contribution in [3.05, 3.63) is 44.3 Å². The van der Waals surface area contributed by atoms with Gasteiger partial charge in [-0.25, -0.2) is 9.55 Å². The average molecular weight is 310 g/mol. The third kappa shape index (κ3) is 3.09. The molecular formula is C11H14N6O5. The summed E-state index contributed by atoms with van der Waals surface area (Å²) in [6.07, 6.45) is 1.35. The molecule has 0 aliphatic carbocycles. The Morgan fingerprint density at radius 1 is 1.23 bits per heavy atom. The molecule has 1 unspecified atom stereocenters. The van der Waals surface area contributed by atoms with Gasteiger partial charge in [0.1, 0.15) is 25.0 Å². The van der Waals surface area contributed by atoms with Gasteiger partial charge in [0.05, 0.1) is 6.54 Å². The van der Waals surface area contributed by atoms with Crippen molar-refractivity contribution in [3.8, 4) is 0 Å². The van der Waals surface area contributed by atoms with Crippen LogP contribution < -0.4 is 0 Å². The van der Waals surface area contributed by atoms with Gasteiger partial charge in [-0.05, 0) is 14.8 Å². The molecular weight excluding hydrogens is 296 g/mol. The van der Waals surface area contributed by atoms with E-state index in [4.69, 9.17) is 0 Å². The normalized spacial score (nSPS) is 12.3. The maximum Gasteiger partial charge on any atom is 0.381 e. The molecule has 0 bridgehead atoms. The van der Waals surface area contributed by atoms with Crippen molar-refractivity contribution in [2.45, 2.75) is 33.0 Å². The van der Waals surface area contributed by atoms with E-state index in [1.165, 1.54) is 15.3 Å². The molecule has 1 N–H and O–H groups in total. The number of nitro groups is 2. The van der Waals surface area contributed by atoms with Crippen LogP contribution in [-0.2, 0) is 13.1 Å². The number of aromatic nitrogens is 4. The molecule has 2 heterocycles. The zero-order valence-corrected chi connectivity index (χ0v) is 11.9. The smallest absolute Gasteiger partial charge is 0.381 e. The molecule has 0 spiro atoms. The van der Waals surface area contributed by atoms with Crippen LogP contribution in [0.1, 0.15) is 11.6 Å². The van der Waals surface area contributed by atoms with E-state index in [0.717, 1.165) is 6.20 Å². The molecule has 2 aromatic heterocycles. The van der Waals surface area contributed by atoms with Crippen LogP contribution in [0.3, 0.4) is 0 Å². The van der Waals surface area contributed by atoms with Gasteiger partial charge in [0.25, 0.3) is 0 Å². The highest BCUT2D eigenvalue weighted by Crippen LogP contribution is 2.16. The second-order valence-corrected chi connectivity index (χ2v) is 4.74. The zero-order valence-electron chi connectivity index (χ0n) is 11.9. The predicted molar refractivity (Wildman–Crippen MR) is 73.2 cm³/mol. The molecule has 11 nitrogen and oxygen atoms in total. The Hall–Kier alpha value is -2.82. The van der Waals surface area contributed by atoms with E-state index in [9.17, 15) is 25.3 Å². The van der Waals surface area contributed by atoms with Gasteiger partial charge < -0.3 is 29.9 Å². The molecule has 0 aliphatic heterocycles.